The van der Waals surface area contributed by atoms with Gasteiger partial charge in [-0.3, -0.25) is 9.80 Å². The second kappa shape index (κ2) is 6.53. The maximum atomic E-state index is 6.35. The van der Waals surface area contributed by atoms with Crippen LogP contribution in [-0.2, 0) is 0 Å². The molecule has 3 heterocycles. The van der Waals surface area contributed by atoms with Gasteiger partial charge >= 0.3 is 0 Å². The number of nitrogens with two attached hydrogens (primary N) is 1. The third-order valence-electron chi connectivity index (χ3n) is 6.38. The highest BCUT2D eigenvalue weighted by atomic mass is 15.4. The van der Waals surface area contributed by atoms with E-state index in [9.17, 15) is 0 Å². The van der Waals surface area contributed by atoms with Gasteiger partial charge in [0.2, 0.25) is 0 Å². The van der Waals surface area contributed by atoms with Gasteiger partial charge in [-0.25, -0.2) is 0 Å². The van der Waals surface area contributed by atoms with Crippen molar-refractivity contribution in [2.24, 2.45) is 5.73 Å². The van der Waals surface area contributed by atoms with Gasteiger partial charge in [0.15, 0.2) is 0 Å². The Balaban J connectivity index is 1.74. The maximum absolute atomic E-state index is 6.35. The first kappa shape index (κ1) is 15.7. The second-order valence-corrected chi connectivity index (χ2v) is 7.51. The maximum Gasteiger partial charge on any atom is 0.0348 e. The zero-order chi connectivity index (χ0) is 14.9. The van der Waals surface area contributed by atoms with Crippen molar-refractivity contribution in [1.29, 1.82) is 0 Å². The molecule has 0 aromatic heterocycles. The summed E-state index contributed by atoms with van der Waals surface area (Å²) < 4.78 is 0. The van der Waals surface area contributed by atoms with Gasteiger partial charge in [-0.2, -0.15) is 0 Å². The van der Waals surface area contributed by atoms with Crippen molar-refractivity contribution in [3.05, 3.63) is 0 Å². The Labute approximate surface area is 130 Å². The van der Waals surface area contributed by atoms with Gasteiger partial charge in [0, 0.05) is 37.3 Å². The SMILES string of the molecule is CCN1CCCC(CN)(N2CC3CCCN3CC2C)CC1. The molecule has 3 aliphatic rings. The molecule has 3 saturated heterocycles. The number of nitrogens with zero attached hydrogens (tertiary/aromatic N) is 3. The molecule has 0 aromatic carbocycles. The first-order valence-corrected chi connectivity index (χ1v) is 9.12. The summed E-state index contributed by atoms with van der Waals surface area (Å²) in [4.78, 5) is 8.15. The number of likely N-dealkylation sites (tertiary alicyclic amines) is 1. The van der Waals surface area contributed by atoms with E-state index in [1.165, 1.54) is 71.4 Å². The zero-order valence-electron chi connectivity index (χ0n) is 14.1. The number of piperazine rings is 1. The van der Waals surface area contributed by atoms with E-state index in [-0.39, 0.29) is 5.54 Å². The standard InChI is InChI=1S/C17H34N4/c1-3-19-9-5-7-17(14-18,8-11-19)21-13-16-6-4-10-20(16)12-15(21)2/h15-16H,3-14,18H2,1-2H3. The van der Waals surface area contributed by atoms with Gasteiger partial charge in [0.1, 0.15) is 0 Å². The van der Waals surface area contributed by atoms with Crippen molar-refractivity contribution in [3.63, 3.8) is 0 Å². The summed E-state index contributed by atoms with van der Waals surface area (Å²) in [5, 5.41) is 0. The van der Waals surface area contributed by atoms with Gasteiger partial charge in [-0.1, -0.05) is 6.92 Å². The number of hydrogen-bond acceptors (Lipinski definition) is 4. The van der Waals surface area contributed by atoms with Crippen molar-refractivity contribution in [2.45, 2.75) is 63.6 Å². The van der Waals surface area contributed by atoms with Crippen molar-refractivity contribution in [3.8, 4) is 0 Å². The van der Waals surface area contributed by atoms with Crippen LogP contribution >= 0.6 is 0 Å². The van der Waals surface area contributed by atoms with Gasteiger partial charge in [0.25, 0.3) is 0 Å². The lowest BCUT2D eigenvalue weighted by molar-refractivity contribution is -0.0275. The number of hydrogen-bond donors (Lipinski definition) is 1. The Kier molecular flexibility index (Phi) is 4.89. The summed E-state index contributed by atoms with van der Waals surface area (Å²) in [5.41, 5.74) is 6.61. The smallest absolute Gasteiger partial charge is 0.0348 e. The lowest BCUT2D eigenvalue weighted by Gasteiger charge is -2.52. The lowest BCUT2D eigenvalue weighted by Crippen LogP contribution is -2.65. The molecule has 3 atom stereocenters. The van der Waals surface area contributed by atoms with Crippen molar-refractivity contribution < 1.29 is 0 Å². The van der Waals surface area contributed by atoms with Crippen LogP contribution in [0.1, 0.15) is 46.0 Å². The molecular formula is C17H34N4. The van der Waals surface area contributed by atoms with Crippen LogP contribution in [0, 0.1) is 0 Å². The minimum absolute atomic E-state index is 0.262. The van der Waals surface area contributed by atoms with Crippen molar-refractivity contribution in [1.82, 2.24) is 14.7 Å². The van der Waals surface area contributed by atoms with E-state index in [0.717, 1.165) is 12.6 Å². The Hall–Kier alpha value is -0.160. The molecule has 0 aromatic rings. The van der Waals surface area contributed by atoms with E-state index in [1.807, 2.05) is 0 Å². The Morgan fingerprint density at radius 3 is 2.71 bits per heavy atom. The summed E-state index contributed by atoms with van der Waals surface area (Å²) in [6, 6.07) is 1.46. The third-order valence-corrected chi connectivity index (χ3v) is 6.38. The van der Waals surface area contributed by atoms with Crippen LogP contribution in [0.4, 0.5) is 0 Å². The van der Waals surface area contributed by atoms with Crippen LogP contribution in [0.5, 0.6) is 0 Å². The molecule has 122 valence electrons. The molecule has 4 heteroatoms. The molecule has 3 rings (SSSR count). The largest absolute Gasteiger partial charge is 0.329 e. The summed E-state index contributed by atoms with van der Waals surface area (Å²) in [6.45, 7) is 13.1. The minimum atomic E-state index is 0.262. The first-order valence-electron chi connectivity index (χ1n) is 9.12. The molecule has 0 aliphatic carbocycles. The highest BCUT2D eigenvalue weighted by Gasteiger charge is 2.44. The van der Waals surface area contributed by atoms with E-state index < -0.39 is 0 Å². The molecule has 21 heavy (non-hydrogen) atoms. The van der Waals surface area contributed by atoms with Gasteiger partial charge in [-0.15, -0.1) is 0 Å². The normalized spacial score (nSPS) is 40.1. The van der Waals surface area contributed by atoms with Crippen molar-refractivity contribution in [2.75, 3.05) is 45.8 Å². The monoisotopic (exact) mass is 294 g/mol. The predicted octanol–water partition coefficient (Wildman–Crippen LogP) is 1.36. The van der Waals surface area contributed by atoms with E-state index in [1.54, 1.807) is 0 Å². The van der Waals surface area contributed by atoms with Gasteiger partial charge < -0.3 is 10.6 Å². The summed E-state index contributed by atoms with van der Waals surface area (Å²) in [7, 11) is 0. The summed E-state index contributed by atoms with van der Waals surface area (Å²) >= 11 is 0. The predicted molar refractivity (Wildman–Crippen MR) is 88.5 cm³/mol. The zero-order valence-corrected chi connectivity index (χ0v) is 14.1. The summed E-state index contributed by atoms with van der Waals surface area (Å²) in [6.07, 6.45) is 6.64. The van der Waals surface area contributed by atoms with Crippen LogP contribution in [-0.4, -0.2) is 78.1 Å². The molecule has 3 unspecified atom stereocenters. The highest BCUT2D eigenvalue weighted by molar-refractivity contribution is 5.02. The topological polar surface area (TPSA) is 35.7 Å². The quantitative estimate of drug-likeness (QED) is 0.852. The first-order chi connectivity index (χ1) is 10.2. The fourth-order valence-electron chi connectivity index (χ4n) is 5.01. The molecule has 0 amide bonds. The Morgan fingerprint density at radius 2 is 1.95 bits per heavy atom. The number of fused-ring (bicyclic) bond motifs is 1. The lowest BCUT2D eigenvalue weighted by atomic mass is 9.85. The molecule has 0 radical (unpaired) electrons. The van der Waals surface area contributed by atoms with Gasteiger partial charge in [0.05, 0.1) is 0 Å². The van der Waals surface area contributed by atoms with E-state index in [0.29, 0.717) is 6.04 Å². The molecule has 2 N–H and O–H groups in total. The average molecular weight is 294 g/mol. The summed E-state index contributed by atoms with van der Waals surface area (Å²) in [5.74, 6) is 0. The van der Waals surface area contributed by atoms with E-state index >= 15 is 0 Å². The van der Waals surface area contributed by atoms with Crippen molar-refractivity contribution >= 4 is 0 Å². The van der Waals surface area contributed by atoms with Crippen LogP contribution < -0.4 is 5.73 Å². The van der Waals surface area contributed by atoms with Gasteiger partial charge in [-0.05, 0) is 65.2 Å². The third kappa shape index (κ3) is 3.00. The molecular weight excluding hydrogens is 260 g/mol. The van der Waals surface area contributed by atoms with Crippen LogP contribution in [0.25, 0.3) is 0 Å². The molecule has 3 fully saturated rings. The second-order valence-electron chi connectivity index (χ2n) is 7.51. The van der Waals surface area contributed by atoms with Crippen LogP contribution in [0.2, 0.25) is 0 Å². The Bertz CT molecular complexity index is 348. The molecule has 4 nitrogen and oxygen atoms in total. The molecule has 0 spiro atoms. The average Bonchev–Trinajstić information content (AvgIpc) is 2.83. The molecule has 0 saturated carbocycles. The van der Waals surface area contributed by atoms with E-state index in [4.69, 9.17) is 5.73 Å². The fourth-order valence-corrected chi connectivity index (χ4v) is 5.01. The molecule has 0 bridgehead atoms. The molecule has 3 aliphatic heterocycles. The van der Waals surface area contributed by atoms with Crippen LogP contribution in [0.3, 0.4) is 0 Å². The highest BCUT2D eigenvalue weighted by Crippen LogP contribution is 2.35. The number of rotatable bonds is 3. The van der Waals surface area contributed by atoms with Crippen LogP contribution in [0.15, 0.2) is 0 Å². The Morgan fingerprint density at radius 1 is 1.10 bits per heavy atom. The van der Waals surface area contributed by atoms with E-state index in [2.05, 4.69) is 28.5 Å². The minimum Gasteiger partial charge on any atom is -0.329 e. The fraction of sp³-hybridized carbons (Fsp3) is 1.00.